The van der Waals surface area contributed by atoms with E-state index in [-0.39, 0.29) is 36.3 Å². The van der Waals surface area contributed by atoms with E-state index in [0.29, 0.717) is 30.3 Å². The number of nitro benzene ring substituents is 1. The summed E-state index contributed by atoms with van der Waals surface area (Å²) in [7, 11) is -4.35. The van der Waals surface area contributed by atoms with E-state index in [0.717, 1.165) is 28.4 Å². The van der Waals surface area contributed by atoms with Crippen LogP contribution in [0, 0.1) is 10.1 Å². The zero-order valence-corrected chi connectivity index (χ0v) is 22.8. The minimum Gasteiger partial charge on any atom is -0.467 e. The number of rotatable bonds is 11. The normalized spacial score (nSPS) is 16.4. The molecule has 1 saturated heterocycles. The maximum Gasteiger partial charge on any atom is 0.289 e. The molecule has 0 bridgehead atoms. The first kappa shape index (κ1) is 27.9. The number of nitro groups is 1. The van der Waals surface area contributed by atoms with E-state index < -0.39 is 39.2 Å². The lowest BCUT2D eigenvalue weighted by Gasteiger charge is -2.28. The van der Waals surface area contributed by atoms with Gasteiger partial charge in [-0.1, -0.05) is 17.7 Å². The highest BCUT2D eigenvalue weighted by atomic mass is 35.5. The van der Waals surface area contributed by atoms with E-state index in [1.54, 1.807) is 30.3 Å². The third kappa shape index (κ3) is 6.22. The van der Waals surface area contributed by atoms with Gasteiger partial charge in [-0.05, 0) is 54.8 Å². The number of furan rings is 1. The zero-order chi connectivity index (χ0) is 28.3. The summed E-state index contributed by atoms with van der Waals surface area (Å²) in [5.41, 5.74) is 0.194. The van der Waals surface area contributed by atoms with Gasteiger partial charge in [0.2, 0.25) is 22.7 Å². The highest BCUT2D eigenvalue weighted by molar-refractivity contribution is 7.89. The number of hydrogen-bond acceptors (Lipinski definition) is 9. The molecule has 1 aromatic heterocycles. The van der Waals surface area contributed by atoms with Gasteiger partial charge in [0.05, 0.1) is 35.3 Å². The molecule has 0 spiro atoms. The minimum atomic E-state index is -4.35. The molecule has 1 amide bonds. The average Bonchev–Trinajstić information content (AvgIpc) is 3.71. The van der Waals surface area contributed by atoms with E-state index in [1.165, 1.54) is 17.2 Å². The van der Waals surface area contributed by atoms with Gasteiger partial charge in [-0.25, -0.2) is 8.42 Å². The topological polar surface area (TPSA) is 142 Å². The molecule has 1 unspecified atom stereocenters. The SMILES string of the molecule is O=C(CN(CC1CCCO1)S(=O)(=O)c1ccc(Cl)c([N+](=O)[O-])c1)N(Cc1ccc2c(c1)OCO2)Cc1ccco1. The fourth-order valence-electron chi connectivity index (χ4n) is 4.54. The number of ether oxygens (including phenoxy) is 3. The highest BCUT2D eigenvalue weighted by Gasteiger charge is 2.33. The van der Waals surface area contributed by atoms with Crippen LogP contribution in [0.1, 0.15) is 24.2 Å². The van der Waals surface area contributed by atoms with E-state index in [2.05, 4.69) is 0 Å². The van der Waals surface area contributed by atoms with Crippen molar-refractivity contribution >= 4 is 33.2 Å². The van der Waals surface area contributed by atoms with Gasteiger partial charge < -0.3 is 23.5 Å². The fourth-order valence-corrected chi connectivity index (χ4v) is 6.17. The van der Waals surface area contributed by atoms with Crippen molar-refractivity contribution in [2.45, 2.75) is 36.9 Å². The molecule has 1 fully saturated rings. The Balaban J connectivity index is 1.43. The Bertz CT molecular complexity index is 1490. The van der Waals surface area contributed by atoms with E-state index in [4.69, 9.17) is 30.2 Å². The van der Waals surface area contributed by atoms with Crippen LogP contribution in [0.15, 0.2) is 64.1 Å². The second-order valence-electron chi connectivity index (χ2n) is 9.32. The first-order valence-corrected chi connectivity index (χ1v) is 14.3. The number of amides is 1. The monoisotopic (exact) mass is 591 g/mol. The molecular weight excluding hydrogens is 566 g/mol. The summed E-state index contributed by atoms with van der Waals surface area (Å²) in [5.74, 6) is 1.16. The average molecular weight is 592 g/mol. The number of carbonyl (C=O) groups is 1. The Kier molecular flexibility index (Phi) is 8.26. The number of hydrogen-bond donors (Lipinski definition) is 0. The summed E-state index contributed by atoms with van der Waals surface area (Å²) in [4.78, 5) is 25.5. The van der Waals surface area contributed by atoms with E-state index in [1.807, 2.05) is 0 Å². The Hall–Kier alpha value is -3.65. The largest absolute Gasteiger partial charge is 0.467 e. The summed E-state index contributed by atoms with van der Waals surface area (Å²) in [6.45, 7) is 0.185. The number of nitrogens with zero attached hydrogens (tertiary/aromatic N) is 3. The van der Waals surface area contributed by atoms with Crippen molar-refractivity contribution in [3.05, 3.63) is 81.3 Å². The lowest BCUT2D eigenvalue weighted by atomic mass is 10.2. The molecule has 2 aliphatic rings. The molecule has 1 atom stereocenters. The van der Waals surface area contributed by atoms with Gasteiger partial charge in [-0.2, -0.15) is 4.31 Å². The highest BCUT2D eigenvalue weighted by Crippen LogP contribution is 2.33. The van der Waals surface area contributed by atoms with Crippen molar-refractivity contribution in [2.75, 3.05) is 26.5 Å². The van der Waals surface area contributed by atoms with Gasteiger partial charge in [-0.15, -0.1) is 0 Å². The third-order valence-electron chi connectivity index (χ3n) is 6.58. The molecule has 14 heteroatoms. The van der Waals surface area contributed by atoms with Crippen molar-refractivity contribution in [2.24, 2.45) is 0 Å². The zero-order valence-electron chi connectivity index (χ0n) is 21.2. The first-order valence-electron chi connectivity index (χ1n) is 12.4. The summed E-state index contributed by atoms with van der Waals surface area (Å²) in [6, 6.07) is 12.0. The van der Waals surface area contributed by atoms with Crippen LogP contribution in [-0.4, -0.2) is 61.0 Å². The molecule has 5 rings (SSSR count). The van der Waals surface area contributed by atoms with Crippen molar-refractivity contribution in [1.82, 2.24) is 9.21 Å². The molecule has 2 aliphatic heterocycles. The van der Waals surface area contributed by atoms with Crippen LogP contribution in [0.25, 0.3) is 0 Å². The number of fused-ring (bicyclic) bond motifs is 1. The molecule has 0 saturated carbocycles. The van der Waals surface area contributed by atoms with Gasteiger partial charge in [0.25, 0.3) is 5.69 Å². The van der Waals surface area contributed by atoms with Crippen LogP contribution in [0.4, 0.5) is 5.69 Å². The van der Waals surface area contributed by atoms with Gasteiger partial charge in [0, 0.05) is 25.8 Å². The summed E-state index contributed by atoms with van der Waals surface area (Å²) in [6.07, 6.45) is 2.44. The van der Waals surface area contributed by atoms with Crippen molar-refractivity contribution < 1.29 is 36.8 Å². The van der Waals surface area contributed by atoms with E-state index >= 15 is 0 Å². The summed E-state index contributed by atoms with van der Waals surface area (Å²) in [5, 5.41) is 11.2. The van der Waals surface area contributed by atoms with Gasteiger partial charge in [-0.3, -0.25) is 14.9 Å². The molecule has 0 N–H and O–H groups in total. The van der Waals surface area contributed by atoms with Crippen molar-refractivity contribution in [3.8, 4) is 11.5 Å². The molecule has 3 aromatic rings. The lowest BCUT2D eigenvalue weighted by Crippen LogP contribution is -2.45. The van der Waals surface area contributed by atoms with Gasteiger partial charge >= 0.3 is 0 Å². The number of benzene rings is 2. The van der Waals surface area contributed by atoms with Crippen LogP contribution < -0.4 is 9.47 Å². The van der Waals surface area contributed by atoms with Crippen LogP contribution in [0.2, 0.25) is 5.02 Å². The number of carbonyl (C=O) groups excluding carboxylic acids is 1. The molecule has 2 aromatic carbocycles. The third-order valence-corrected chi connectivity index (χ3v) is 8.71. The number of sulfonamides is 1. The van der Waals surface area contributed by atoms with Crippen LogP contribution in [0.3, 0.4) is 0 Å². The molecule has 212 valence electrons. The molecule has 40 heavy (non-hydrogen) atoms. The predicted molar refractivity (Wildman–Crippen MR) is 141 cm³/mol. The predicted octanol–water partition coefficient (Wildman–Crippen LogP) is 3.97. The van der Waals surface area contributed by atoms with Gasteiger partial charge in [0.1, 0.15) is 10.8 Å². The first-order chi connectivity index (χ1) is 19.2. The molecule has 12 nitrogen and oxygen atoms in total. The second-order valence-corrected chi connectivity index (χ2v) is 11.7. The Morgan fingerprint density at radius 2 is 1.93 bits per heavy atom. The standard InChI is InChI=1S/C26H26ClN3O9S/c27-22-7-6-21(12-23(22)30(32)33)40(34,35)29(15-20-4-2-10-37-20)16-26(31)28(14-19-3-1-9-36-19)13-18-5-8-24-25(11-18)39-17-38-24/h1,3,5-9,11-12,20H,2,4,10,13-17H2. The fraction of sp³-hybridized carbons (Fsp3) is 0.346. The Morgan fingerprint density at radius 1 is 1.10 bits per heavy atom. The lowest BCUT2D eigenvalue weighted by molar-refractivity contribution is -0.384. The summed E-state index contributed by atoms with van der Waals surface area (Å²) < 4.78 is 50.4. The Labute approximate surface area is 235 Å². The maximum atomic E-state index is 13.8. The van der Waals surface area contributed by atoms with Crippen LogP contribution in [-0.2, 0) is 32.6 Å². The number of halogens is 1. The molecular formula is C26H26ClN3O9S. The van der Waals surface area contributed by atoms with Crippen LogP contribution in [0.5, 0.6) is 11.5 Å². The van der Waals surface area contributed by atoms with Crippen LogP contribution >= 0.6 is 11.6 Å². The molecule has 3 heterocycles. The van der Waals surface area contributed by atoms with Gasteiger partial charge in [0.15, 0.2) is 11.5 Å². The van der Waals surface area contributed by atoms with Crippen molar-refractivity contribution in [3.63, 3.8) is 0 Å². The molecule has 0 aliphatic carbocycles. The Morgan fingerprint density at radius 3 is 2.65 bits per heavy atom. The van der Waals surface area contributed by atoms with Crippen molar-refractivity contribution in [1.29, 1.82) is 0 Å². The quantitative estimate of drug-likeness (QED) is 0.239. The second kappa shape index (κ2) is 11.8. The molecule has 0 radical (unpaired) electrons. The smallest absolute Gasteiger partial charge is 0.289 e. The van der Waals surface area contributed by atoms with E-state index in [9.17, 15) is 23.3 Å². The maximum absolute atomic E-state index is 13.8. The minimum absolute atomic E-state index is 0.0838. The summed E-state index contributed by atoms with van der Waals surface area (Å²) >= 11 is 5.91.